The summed E-state index contributed by atoms with van der Waals surface area (Å²) in [6, 6.07) is 36.2. The molecule has 0 fully saturated rings. The molecule has 0 saturated carbocycles. The number of anilines is 1. The van der Waals surface area contributed by atoms with Gasteiger partial charge in [0.2, 0.25) is 0 Å². The third-order valence-corrected chi connectivity index (χ3v) is 7.86. The number of carbonyl (C=O) groups is 1. The maximum Gasteiger partial charge on any atom is 0.194 e. The van der Waals surface area contributed by atoms with Gasteiger partial charge in [-0.25, -0.2) is 9.07 Å². The normalized spacial score (nSPS) is 20.2. The molecule has 0 saturated heterocycles. The van der Waals surface area contributed by atoms with E-state index < -0.39 is 11.5 Å². The van der Waals surface area contributed by atoms with Gasteiger partial charge in [-0.3, -0.25) is 9.80 Å². The van der Waals surface area contributed by atoms with Crippen molar-refractivity contribution in [3.8, 4) is 5.69 Å². The topological polar surface area (TPSA) is 50.5 Å². The van der Waals surface area contributed by atoms with Crippen LogP contribution in [-0.4, -0.2) is 26.8 Å². The molecular formula is C33H25FN4O. The zero-order valence-corrected chi connectivity index (χ0v) is 21.1. The van der Waals surface area contributed by atoms with Crippen molar-refractivity contribution in [3.05, 3.63) is 150 Å². The van der Waals surface area contributed by atoms with Gasteiger partial charge < -0.3 is 0 Å². The van der Waals surface area contributed by atoms with E-state index in [4.69, 9.17) is 5.10 Å². The fourth-order valence-electron chi connectivity index (χ4n) is 6.11. The van der Waals surface area contributed by atoms with E-state index in [1.807, 2.05) is 101 Å². The van der Waals surface area contributed by atoms with Gasteiger partial charge >= 0.3 is 0 Å². The minimum absolute atomic E-state index is 0.0289. The average Bonchev–Trinajstić information content (AvgIpc) is 3.58. The van der Waals surface area contributed by atoms with Crippen LogP contribution in [0.15, 0.2) is 127 Å². The Bertz CT molecular complexity index is 1680. The van der Waals surface area contributed by atoms with Crippen LogP contribution in [0.4, 0.5) is 10.1 Å². The zero-order valence-electron chi connectivity index (χ0n) is 21.1. The van der Waals surface area contributed by atoms with Gasteiger partial charge in [0.15, 0.2) is 5.78 Å². The number of Topliss-reactive ketones (excluding diaryl/α,β-unsaturated/α-hetero) is 1. The van der Waals surface area contributed by atoms with E-state index in [0.717, 1.165) is 33.9 Å². The monoisotopic (exact) mass is 512 g/mol. The van der Waals surface area contributed by atoms with Gasteiger partial charge in [0.05, 0.1) is 40.5 Å². The van der Waals surface area contributed by atoms with Crippen molar-refractivity contribution in [1.29, 1.82) is 0 Å². The number of carbonyl (C=O) groups excluding carboxylic acids is 1. The number of aromatic nitrogens is 2. The number of halogens is 1. The Balaban J connectivity index is 1.45. The predicted molar refractivity (Wildman–Crippen MR) is 150 cm³/mol. The number of hydrazone groups is 1. The Labute approximate surface area is 225 Å². The van der Waals surface area contributed by atoms with Crippen molar-refractivity contribution in [2.45, 2.75) is 24.3 Å². The molecule has 0 bridgehead atoms. The van der Waals surface area contributed by atoms with Gasteiger partial charge in [-0.05, 0) is 60.4 Å². The molecule has 6 heteroatoms. The lowest BCUT2D eigenvalue weighted by molar-refractivity contribution is 0.0855. The number of nitrogens with zero attached hydrogens (tertiary/aromatic N) is 4. The van der Waals surface area contributed by atoms with E-state index in [9.17, 15) is 9.18 Å². The van der Waals surface area contributed by atoms with E-state index >= 15 is 0 Å². The first kappa shape index (κ1) is 23.3. The summed E-state index contributed by atoms with van der Waals surface area (Å²) < 4.78 is 16.0. The van der Waals surface area contributed by atoms with Crippen LogP contribution in [-0.2, 0) is 6.42 Å². The summed E-state index contributed by atoms with van der Waals surface area (Å²) in [6.07, 6.45) is 2.85. The molecule has 1 aliphatic carbocycles. The average molecular weight is 513 g/mol. The van der Waals surface area contributed by atoms with Gasteiger partial charge in [-0.2, -0.15) is 10.2 Å². The highest BCUT2D eigenvalue weighted by Crippen LogP contribution is 2.51. The second-order valence-corrected chi connectivity index (χ2v) is 9.99. The van der Waals surface area contributed by atoms with Crippen molar-refractivity contribution in [2.24, 2.45) is 5.10 Å². The Kier molecular flexibility index (Phi) is 5.48. The summed E-state index contributed by atoms with van der Waals surface area (Å²) in [5, 5.41) is 11.7. The molecule has 1 aromatic heterocycles. The molecule has 1 spiro atoms. The van der Waals surface area contributed by atoms with Crippen LogP contribution >= 0.6 is 0 Å². The summed E-state index contributed by atoms with van der Waals surface area (Å²) in [7, 11) is 0. The Morgan fingerprint density at radius 2 is 1.38 bits per heavy atom. The highest BCUT2D eigenvalue weighted by molar-refractivity contribution is 6.18. The van der Waals surface area contributed by atoms with Gasteiger partial charge in [0.1, 0.15) is 11.4 Å². The first-order valence-corrected chi connectivity index (χ1v) is 13.1. The molecule has 2 atom stereocenters. The van der Waals surface area contributed by atoms with Crippen LogP contribution in [0, 0.1) is 5.82 Å². The molecule has 2 unspecified atom stereocenters. The van der Waals surface area contributed by atoms with Crippen molar-refractivity contribution in [2.75, 3.05) is 5.01 Å². The van der Waals surface area contributed by atoms with Gasteiger partial charge in [-0.15, -0.1) is 0 Å². The maximum absolute atomic E-state index is 14.9. The highest BCUT2D eigenvalue weighted by atomic mass is 19.1. The van der Waals surface area contributed by atoms with E-state index in [1.54, 1.807) is 18.3 Å². The molecule has 190 valence electrons. The molecule has 39 heavy (non-hydrogen) atoms. The van der Waals surface area contributed by atoms with E-state index in [0.29, 0.717) is 18.4 Å². The number of rotatable bonds is 4. The molecule has 5 aromatic rings. The molecule has 4 aromatic carbocycles. The van der Waals surface area contributed by atoms with E-state index in [1.165, 1.54) is 12.1 Å². The zero-order chi connectivity index (χ0) is 26.4. The van der Waals surface area contributed by atoms with Crippen LogP contribution in [0.1, 0.15) is 39.5 Å². The summed E-state index contributed by atoms with van der Waals surface area (Å²) in [5.41, 5.74) is 4.79. The second-order valence-electron chi connectivity index (χ2n) is 9.99. The summed E-state index contributed by atoms with van der Waals surface area (Å²) in [5.74, 6) is -0.759. The Hall–Kier alpha value is -4.84. The quantitative estimate of drug-likeness (QED) is 0.273. The second kappa shape index (κ2) is 9.17. The van der Waals surface area contributed by atoms with Crippen LogP contribution < -0.4 is 5.01 Å². The number of fused-ring (bicyclic) bond motifs is 1. The standard InChI is InChI=1S/C33H25FN4O/c34-25-18-16-23(17-19-25)30-31(24-10-4-1-5-11-24)36-38(27-14-8-3-9-15-27)33(30)21-20-29-28(32(33)39)22-35-37(29)26-12-6-2-7-13-26/h1-19,22,30H,20-21H2. The number of hydrogen-bond donors (Lipinski definition) is 0. The number of para-hydroxylation sites is 2. The minimum atomic E-state index is -1.04. The minimum Gasteiger partial charge on any atom is -0.291 e. The molecular weight excluding hydrogens is 487 g/mol. The lowest BCUT2D eigenvalue weighted by Crippen LogP contribution is -2.56. The molecule has 0 amide bonds. The van der Waals surface area contributed by atoms with Crippen LogP contribution in [0.5, 0.6) is 0 Å². The lowest BCUT2D eigenvalue weighted by atomic mass is 9.66. The summed E-state index contributed by atoms with van der Waals surface area (Å²) in [4.78, 5) is 14.9. The summed E-state index contributed by atoms with van der Waals surface area (Å²) >= 11 is 0. The van der Waals surface area contributed by atoms with E-state index in [-0.39, 0.29) is 11.6 Å². The molecule has 1 aliphatic heterocycles. The molecule has 5 nitrogen and oxygen atoms in total. The number of ketones is 1. The van der Waals surface area contributed by atoms with Gasteiger partial charge in [0.25, 0.3) is 0 Å². The predicted octanol–water partition coefficient (Wildman–Crippen LogP) is 6.59. The first-order valence-electron chi connectivity index (χ1n) is 13.1. The van der Waals surface area contributed by atoms with E-state index in [2.05, 4.69) is 5.10 Å². The van der Waals surface area contributed by atoms with Crippen LogP contribution in [0.2, 0.25) is 0 Å². The highest BCUT2D eigenvalue weighted by Gasteiger charge is 2.59. The van der Waals surface area contributed by atoms with Crippen molar-refractivity contribution >= 4 is 17.2 Å². The van der Waals surface area contributed by atoms with Gasteiger partial charge in [0, 0.05) is 0 Å². The smallest absolute Gasteiger partial charge is 0.194 e. The van der Waals surface area contributed by atoms with Crippen LogP contribution in [0.3, 0.4) is 0 Å². The Morgan fingerprint density at radius 1 is 0.769 bits per heavy atom. The molecule has 2 heterocycles. The maximum atomic E-state index is 14.9. The SMILES string of the molecule is O=C1c2cnn(-c3ccccc3)c2CCC12C(c1ccc(F)cc1)C(c1ccccc1)=NN2c1ccccc1. The van der Waals surface area contributed by atoms with Crippen LogP contribution in [0.25, 0.3) is 5.69 Å². The van der Waals surface area contributed by atoms with Crippen molar-refractivity contribution in [1.82, 2.24) is 9.78 Å². The van der Waals surface area contributed by atoms with Crippen molar-refractivity contribution < 1.29 is 9.18 Å². The molecule has 7 rings (SSSR count). The molecule has 0 N–H and O–H groups in total. The fourth-order valence-corrected chi connectivity index (χ4v) is 6.11. The molecule has 0 radical (unpaired) electrons. The largest absolute Gasteiger partial charge is 0.291 e. The first-order chi connectivity index (χ1) is 19.2. The summed E-state index contributed by atoms with van der Waals surface area (Å²) in [6.45, 7) is 0. The van der Waals surface area contributed by atoms with Gasteiger partial charge in [-0.1, -0.05) is 78.9 Å². The molecule has 2 aliphatic rings. The Morgan fingerprint density at radius 3 is 2.05 bits per heavy atom. The van der Waals surface area contributed by atoms with Crippen molar-refractivity contribution in [3.63, 3.8) is 0 Å². The number of hydrogen-bond acceptors (Lipinski definition) is 4. The third kappa shape index (κ3) is 3.63. The lowest BCUT2D eigenvalue weighted by Gasteiger charge is -2.43. The third-order valence-electron chi connectivity index (χ3n) is 7.86. The fraction of sp³-hybridized carbons (Fsp3) is 0.121. The number of benzene rings is 4.